The second-order valence-corrected chi connectivity index (χ2v) is 3.83. The molecule has 0 radical (unpaired) electrons. The molecule has 0 aromatic heterocycles. The SMILES string of the molecule is CCCCC(=O)NCCCN(CC)CC. The van der Waals surface area contributed by atoms with Gasteiger partial charge in [-0.15, -0.1) is 0 Å². The Morgan fingerprint density at radius 3 is 2.33 bits per heavy atom. The van der Waals surface area contributed by atoms with Gasteiger partial charge in [0.05, 0.1) is 0 Å². The molecule has 0 spiro atoms. The number of amides is 1. The summed E-state index contributed by atoms with van der Waals surface area (Å²) in [6.45, 7) is 10.5. The van der Waals surface area contributed by atoms with Crippen LogP contribution in [-0.2, 0) is 4.79 Å². The van der Waals surface area contributed by atoms with E-state index in [2.05, 4.69) is 31.0 Å². The maximum Gasteiger partial charge on any atom is 0.219 e. The van der Waals surface area contributed by atoms with E-state index >= 15 is 0 Å². The van der Waals surface area contributed by atoms with E-state index in [1.54, 1.807) is 0 Å². The average Bonchev–Trinajstić information content (AvgIpc) is 2.26. The maximum absolute atomic E-state index is 11.3. The highest BCUT2D eigenvalue weighted by Crippen LogP contribution is 1.94. The van der Waals surface area contributed by atoms with E-state index in [9.17, 15) is 4.79 Å². The van der Waals surface area contributed by atoms with E-state index in [1.807, 2.05) is 0 Å². The molecule has 0 aliphatic rings. The summed E-state index contributed by atoms with van der Waals surface area (Å²) in [6.07, 6.45) is 3.83. The Labute approximate surface area is 94.2 Å². The van der Waals surface area contributed by atoms with Crippen molar-refractivity contribution in [2.45, 2.75) is 46.5 Å². The fourth-order valence-corrected chi connectivity index (χ4v) is 1.50. The topological polar surface area (TPSA) is 32.3 Å². The van der Waals surface area contributed by atoms with Gasteiger partial charge in [0, 0.05) is 13.0 Å². The largest absolute Gasteiger partial charge is 0.356 e. The van der Waals surface area contributed by atoms with Gasteiger partial charge in [0.1, 0.15) is 0 Å². The third kappa shape index (κ3) is 8.43. The van der Waals surface area contributed by atoms with E-state index in [-0.39, 0.29) is 5.91 Å². The van der Waals surface area contributed by atoms with E-state index < -0.39 is 0 Å². The lowest BCUT2D eigenvalue weighted by molar-refractivity contribution is -0.121. The molecule has 0 unspecified atom stereocenters. The summed E-state index contributed by atoms with van der Waals surface area (Å²) in [5.74, 6) is 0.205. The molecule has 0 fully saturated rings. The number of unbranched alkanes of at least 4 members (excludes halogenated alkanes) is 1. The first-order valence-electron chi connectivity index (χ1n) is 6.23. The van der Waals surface area contributed by atoms with Crippen LogP contribution in [0.2, 0.25) is 0 Å². The summed E-state index contributed by atoms with van der Waals surface area (Å²) in [5.41, 5.74) is 0. The van der Waals surface area contributed by atoms with Crippen molar-refractivity contribution in [2.75, 3.05) is 26.2 Å². The number of nitrogens with zero attached hydrogens (tertiary/aromatic N) is 1. The number of carbonyl (C=O) groups is 1. The fraction of sp³-hybridized carbons (Fsp3) is 0.917. The molecule has 90 valence electrons. The molecule has 0 rings (SSSR count). The normalized spacial score (nSPS) is 10.7. The molecule has 0 bridgehead atoms. The van der Waals surface area contributed by atoms with Crippen LogP contribution in [0.5, 0.6) is 0 Å². The van der Waals surface area contributed by atoms with Crippen molar-refractivity contribution in [1.29, 1.82) is 0 Å². The van der Waals surface area contributed by atoms with Gasteiger partial charge in [0.15, 0.2) is 0 Å². The highest BCUT2D eigenvalue weighted by Gasteiger charge is 2.01. The first-order valence-corrected chi connectivity index (χ1v) is 6.23. The van der Waals surface area contributed by atoms with Crippen molar-refractivity contribution >= 4 is 5.91 Å². The molecule has 3 heteroatoms. The van der Waals surface area contributed by atoms with Gasteiger partial charge in [-0.3, -0.25) is 4.79 Å². The van der Waals surface area contributed by atoms with E-state index in [0.29, 0.717) is 6.42 Å². The molecule has 0 saturated heterocycles. The van der Waals surface area contributed by atoms with Crippen LogP contribution < -0.4 is 5.32 Å². The second-order valence-electron chi connectivity index (χ2n) is 3.83. The smallest absolute Gasteiger partial charge is 0.219 e. The van der Waals surface area contributed by atoms with Gasteiger partial charge in [0.2, 0.25) is 5.91 Å². The summed E-state index contributed by atoms with van der Waals surface area (Å²) in [5, 5.41) is 2.96. The van der Waals surface area contributed by atoms with Crippen LogP contribution in [-0.4, -0.2) is 37.0 Å². The maximum atomic E-state index is 11.3. The van der Waals surface area contributed by atoms with Crippen molar-refractivity contribution in [3.63, 3.8) is 0 Å². The third-order valence-electron chi connectivity index (χ3n) is 2.63. The van der Waals surface area contributed by atoms with E-state index in [1.165, 1.54) is 0 Å². The molecule has 0 aromatic rings. The zero-order valence-electron chi connectivity index (χ0n) is 10.5. The van der Waals surface area contributed by atoms with E-state index in [4.69, 9.17) is 0 Å². The van der Waals surface area contributed by atoms with Gasteiger partial charge in [-0.25, -0.2) is 0 Å². The zero-order chi connectivity index (χ0) is 11.5. The molecule has 0 heterocycles. The minimum atomic E-state index is 0.205. The standard InChI is InChI=1S/C12H26N2O/c1-4-7-9-12(15)13-10-8-11-14(5-2)6-3/h4-11H2,1-3H3,(H,13,15). The highest BCUT2D eigenvalue weighted by atomic mass is 16.1. The number of nitrogens with one attached hydrogen (secondary N) is 1. The Morgan fingerprint density at radius 1 is 1.13 bits per heavy atom. The number of carbonyl (C=O) groups excluding carboxylic acids is 1. The van der Waals surface area contributed by atoms with Gasteiger partial charge < -0.3 is 10.2 Å². The van der Waals surface area contributed by atoms with Crippen LogP contribution in [0.15, 0.2) is 0 Å². The Balaban J connectivity index is 3.33. The first kappa shape index (κ1) is 14.4. The highest BCUT2D eigenvalue weighted by molar-refractivity contribution is 5.75. The number of hydrogen-bond donors (Lipinski definition) is 1. The predicted octanol–water partition coefficient (Wildman–Crippen LogP) is 2.02. The first-order chi connectivity index (χ1) is 7.24. The molecule has 1 amide bonds. The lowest BCUT2D eigenvalue weighted by Crippen LogP contribution is -2.29. The molecular formula is C12H26N2O. The molecule has 0 atom stereocenters. The van der Waals surface area contributed by atoms with Gasteiger partial charge >= 0.3 is 0 Å². The average molecular weight is 214 g/mol. The number of hydrogen-bond acceptors (Lipinski definition) is 2. The molecule has 1 N–H and O–H groups in total. The molecule has 0 aliphatic carbocycles. The molecule has 0 saturated carbocycles. The summed E-state index contributed by atoms with van der Waals surface area (Å²) in [6, 6.07) is 0. The second kappa shape index (κ2) is 9.97. The van der Waals surface area contributed by atoms with Gasteiger partial charge in [-0.1, -0.05) is 27.2 Å². The Kier molecular flexibility index (Phi) is 9.59. The van der Waals surface area contributed by atoms with Crippen LogP contribution >= 0.6 is 0 Å². The minimum Gasteiger partial charge on any atom is -0.356 e. The molecule has 0 aromatic carbocycles. The molecular weight excluding hydrogens is 188 g/mol. The monoisotopic (exact) mass is 214 g/mol. The van der Waals surface area contributed by atoms with Crippen molar-refractivity contribution in [1.82, 2.24) is 10.2 Å². The Morgan fingerprint density at radius 2 is 1.80 bits per heavy atom. The minimum absolute atomic E-state index is 0.205. The lowest BCUT2D eigenvalue weighted by Gasteiger charge is -2.17. The quantitative estimate of drug-likeness (QED) is 0.596. The Bertz CT molecular complexity index is 156. The molecule has 3 nitrogen and oxygen atoms in total. The van der Waals surface area contributed by atoms with Crippen molar-refractivity contribution < 1.29 is 4.79 Å². The third-order valence-corrected chi connectivity index (χ3v) is 2.63. The van der Waals surface area contributed by atoms with Crippen molar-refractivity contribution in [3.05, 3.63) is 0 Å². The summed E-state index contributed by atoms with van der Waals surface area (Å²) >= 11 is 0. The fourth-order valence-electron chi connectivity index (χ4n) is 1.50. The van der Waals surface area contributed by atoms with Crippen LogP contribution in [0.4, 0.5) is 0 Å². The summed E-state index contributed by atoms with van der Waals surface area (Å²) in [7, 11) is 0. The van der Waals surface area contributed by atoms with E-state index in [0.717, 1.165) is 45.4 Å². The molecule has 0 aliphatic heterocycles. The molecule has 15 heavy (non-hydrogen) atoms. The summed E-state index contributed by atoms with van der Waals surface area (Å²) in [4.78, 5) is 13.6. The van der Waals surface area contributed by atoms with Gasteiger partial charge in [0.25, 0.3) is 0 Å². The Hall–Kier alpha value is -0.570. The van der Waals surface area contributed by atoms with Crippen LogP contribution in [0, 0.1) is 0 Å². The number of rotatable bonds is 9. The van der Waals surface area contributed by atoms with Crippen LogP contribution in [0.25, 0.3) is 0 Å². The van der Waals surface area contributed by atoms with Crippen LogP contribution in [0.3, 0.4) is 0 Å². The van der Waals surface area contributed by atoms with Gasteiger partial charge in [-0.2, -0.15) is 0 Å². The predicted molar refractivity (Wildman–Crippen MR) is 64.9 cm³/mol. The zero-order valence-corrected chi connectivity index (χ0v) is 10.5. The lowest BCUT2D eigenvalue weighted by atomic mass is 10.2. The van der Waals surface area contributed by atoms with Crippen molar-refractivity contribution in [3.8, 4) is 0 Å². The van der Waals surface area contributed by atoms with Gasteiger partial charge in [-0.05, 0) is 32.5 Å². The van der Waals surface area contributed by atoms with Crippen LogP contribution in [0.1, 0.15) is 46.5 Å². The summed E-state index contributed by atoms with van der Waals surface area (Å²) < 4.78 is 0. The van der Waals surface area contributed by atoms with Crippen molar-refractivity contribution in [2.24, 2.45) is 0 Å².